The molecular weight excluding hydrogens is 294 g/mol. The van der Waals surface area contributed by atoms with Crippen LogP contribution in [0.15, 0.2) is 18.2 Å². The first kappa shape index (κ1) is 15.5. The van der Waals surface area contributed by atoms with Gasteiger partial charge in [0.05, 0.1) is 0 Å². The van der Waals surface area contributed by atoms with E-state index in [4.69, 9.17) is 0 Å². The Balaban J connectivity index is 1.63. The van der Waals surface area contributed by atoms with Gasteiger partial charge in [0.15, 0.2) is 0 Å². The Morgan fingerprint density at radius 1 is 1.26 bits per heavy atom. The first-order chi connectivity index (χ1) is 11.0. The van der Waals surface area contributed by atoms with Crippen LogP contribution >= 0.6 is 0 Å². The number of nitrogens with one attached hydrogen (secondary N) is 2. The zero-order valence-electron chi connectivity index (χ0n) is 13.2. The molecule has 1 fully saturated rings. The van der Waals surface area contributed by atoms with Gasteiger partial charge in [0, 0.05) is 43.7 Å². The van der Waals surface area contributed by atoms with Gasteiger partial charge in [-0.1, -0.05) is 6.07 Å². The van der Waals surface area contributed by atoms with E-state index in [2.05, 4.69) is 10.6 Å². The molecule has 1 aromatic carbocycles. The maximum absolute atomic E-state index is 12.3. The van der Waals surface area contributed by atoms with Crippen molar-refractivity contribution in [1.29, 1.82) is 0 Å². The van der Waals surface area contributed by atoms with E-state index in [1.807, 2.05) is 23.1 Å². The van der Waals surface area contributed by atoms with Gasteiger partial charge in [-0.3, -0.25) is 14.4 Å². The molecule has 2 N–H and O–H groups in total. The van der Waals surface area contributed by atoms with Crippen LogP contribution < -0.4 is 15.5 Å². The third kappa shape index (κ3) is 3.70. The fraction of sp³-hybridized carbons (Fsp3) is 0.471. The van der Waals surface area contributed by atoms with Gasteiger partial charge >= 0.3 is 0 Å². The molecule has 23 heavy (non-hydrogen) atoms. The minimum Gasteiger partial charge on any atom is -0.356 e. The molecule has 1 aromatic rings. The van der Waals surface area contributed by atoms with Gasteiger partial charge in [0.2, 0.25) is 17.7 Å². The summed E-state index contributed by atoms with van der Waals surface area (Å²) in [5, 5.41) is 5.41. The highest BCUT2D eigenvalue weighted by Crippen LogP contribution is 2.37. The van der Waals surface area contributed by atoms with Crippen molar-refractivity contribution in [1.82, 2.24) is 5.32 Å². The molecule has 0 bridgehead atoms. The Kier molecular flexibility index (Phi) is 4.32. The van der Waals surface area contributed by atoms with E-state index < -0.39 is 0 Å². The van der Waals surface area contributed by atoms with Crippen molar-refractivity contribution in [3.63, 3.8) is 0 Å². The molecule has 1 saturated carbocycles. The second kappa shape index (κ2) is 6.40. The highest BCUT2D eigenvalue weighted by Gasteiger charge is 2.36. The predicted octanol–water partition coefficient (Wildman–Crippen LogP) is 1.45. The lowest BCUT2D eigenvalue weighted by molar-refractivity contribution is -0.120. The number of hydrogen-bond donors (Lipinski definition) is 2. The van der Waals surface area contributed by atoms with Crippen LogP contribution in [0.25, 0.3) is 0 Å². The average Bonchev–Trinajstić information content (AvgIpc) is 3.26. The number of hydrogen-bond acceptors (Lipinski definition) is 3. The molecular formula is C17H21N3O3. The molecule has 0 atom stereocenters. The Bertz CT molecular complexity index is 652. The minimum absolute atomic E-state index is 0.149. The Labute approximate surface area is 135 Å². The summed E-state index contributed by atoms with van der Waals surface area (Å²) in [6, 6.07) is 5.71. The van der Waals surface area contributed by atoms with E-state index in [9.17, 15) is 14.4 Å². The predicted molar refractivity (Wildman–Crippen MR) is 87.2 cm³/mol. The largest absolute Gasteiger partial charge is 0.356 e. The first-order valence-corrected chi connectivity index (χ1v) is 8.03. The van der Waals surface area contributed by atoms with Crippen molar-refractivity contribution in [2.45, 2.75) is 32.6 Å². The molecule has 1 aliphatic carbocycles. The number of rotatable bonds is 5. The molecule has 1 heterocycles. The highest BCUT2D eigenvalue weighted by atomic mass is 16.2. The molecule has 0 spiro atoms. The summed E-state index contributed by atoms with van der Waals surface area (Å²) in [6.45, 7) is 2.47. The zero-order chi connectivity index (χ0) is 16.4. The van der Waals surface area contributed by atoms with Crippen LogP contribution in [0.2, 0.25) is 0 Å². The fourth-order valence-corrected chi connectivity index (χ4v) is 2.81. The number of amides is 3. The molecule has 6 heteroatoms. The van der Waals surface area contributed by atoms with Crippen molar-refractivity contribution in [2.75, 3.05) is 23.3 Å². The van der Waals surface area contributed by atoms with E-state index >= 15 is 0 Å². The second-order valence-corrected chi connectivity index (χ2v) is 6.14. The Hall–Kier alpha value is -2.37. The van der Waals surface area contributed by atoms with Crippen molar-refractivity contribution >= 4 is 29.1 Å². The number of carbonyl (C=O) groups excluding carboxylic acids is 3. The lowest BCUT2D eigenvalue weighted by Gasteiger charge is -2.18. The summed E-state index contributed by atoms with van der Waals surface area (Å²) in [7, 11) is 0. The monoisotopic (exact) mass is 315 g/mol. The molecule has 3 rings (SSSR count). The molecule has 0 unspecified atom stereocenters. The summed E-state index contributed by atoms with van der Waals surface area (Å²) in [5.74, 6) is 0.0936. The third-order valence-corrected chi connectivity index (χ3v) is 4.18. The van der Waals surface area contributed by atoms with Crippen LogP contribution in [0.4, 0.5) is 11.4 Å². The van der Waals surface area contributed by atoms with Gasteiger partial charge in [-0.05, 0) is 37.0 Å². The smallest absolute Gasteiger partial charge is 0.230 e. The molecule has 122 valence electrons. The number of nitrogens with zero attached hydrogens (tertiary/aromatic N) is 1. The third-order valence-electron chi connectivity index (χ3n) is 4.18. The molecule has 1 aliphatic heterocycles. The standard InChI is InChI=1S/C17H21N3O3/c1-11(21)18-8-6-16(22)19-14-5-4-12-7-9-20(15(12)10-14)17(23)13-2-3-13/h4-5,10,13H,2-3,6-9H2,1H3,(H,18,21)(H,19,22). The van der Waals surface area contributed by atoms with E-state index in [1.54, 1.807) is 0 Å². The normalized spacial score (nSPS) is 16.0. The summed E-state index contributed by atoms with van der Waals surface area (Å²) in [5.41, 5.74) is 2.75. The lowest BCUT2D eigenvalue weighted by atomic mass is 10.1. The van der Waals surface area contributed by atoms with E-state index in [0.717, 1.165) is 37.1 Å². The van der Waals surface area contributed by atoms with Gasteiger partial charge in [0.1, 0.15) is 0 Å². The highest BCUT2D eigenvalue weighted by molar-refractivity contribution is 5.99. The molecule has 0 aromatic heterocycles. The van der Waals surface area contributed by atoms with E-state index in [0.29, 0.717) is 12.2 Å². The lowest BCUT2D eigenvalue weighted by Crippen LogP contribution is -2.30. The van der Waals surface area contributed by atoms with Crippen LogP contribution in [0, 0.1) is 5.92 Å². The zero-order valence-corrected chi connectivity index (χ0v) is 13.2. The van der Waals surface area contributed by atoms with Gasteiger partial charge in [0.25, 0.3) is 0 Å². The van der Waals surface area contributed by atoms with Crippen molar-refractivity contribution in [3.8, 4) is 0 Å². The van der Waals surface area contributed by atoms with Crippen LogP contribution in [-0.4, -0.2) is 30.8 Å². The molecule has 2 aliphatic rings. The first-order valence-electron chi connectivity index (χ1n) is 8.03. The van der Waals surface area contributed by atoms with Gasteiger partial charge in [-0.2, -0.15) is 0 Å². The van der Waals surface area contributed by atoms with Crippen molar-refractivity contribution in [2.24, 2.45) is 5.92 Å². The van der Waals surface area contributed by atoms with E-state index in [-0.39, 0.29) is 30.1 Å². The van der Waals surface area contributed by atoms with Gasteiger partial charge < -0.3 is 15.5 Å². The number of fused-ring (bicyclic) bond motifs is 1. The summed E-state index contributed by atoms with van der Waals surface area (Å²) >= 11 is 0. The number of benzene rings is 1. The van der Waals surface area contributed by atoms with Crippen LogP contribution in [0.3, 0.4) is 0 Å². The number of anilines is 2. The minimum atomic E-state index is -0.156. The summed E-state index contributed by atoms with van der Waals surface area (Å²) < 4.78 is 0. The van der Waals surface area contributed by atoms with E-state index in [1.165, 1.54) is 6.92 Å². The molecule has 3 amide bonds. The van der Waals surface area contributed by atoms with Crippen LogP contribution in [0.1, 0.15) is 31.7 Å². The second-order valence-electron chi connectivity index (χ2n) is 6.14. The Morgan fingerprint density at radius 3 is 2.74 bits per heavy atom. The summed E-state index contributed by atoms with van der Waals surface area (Å²) in [6.07, 6.45) is 3.07. The quantitative estimate of drug-likeness (QED) is 0.863. The van der Waals surface area contributed by atoms with Crippen molar-refractivity contribution < 1.29 is 14.4 Å². The van der Waals surface area contributed by atoms with Crippen LogP contribution in [0.5, 0.6) is 0 Å². The topological polar surface area (TPSA) is 78.5 Å². The SMILES string of the molecule is CC(=O)NCCC(=O)Nc1ccc2c(c1)N(C(=O)C1CC1)CC2. The summed E-state index contributed by atoms with van der Waals surface area (Å²) in [4.78, 5) is 36.8. The number of carbonyl (C=O) groups is 3. The fourth-order valence-electron chi connectivity index (χ4n) is 2.81. The molecule has 6 nitrogen and oxygen atoms in total. The molecule has 0 radical (unpaired) electrons. The van der Waals surface area contributed by atoms with Gasteiger partial charge in [-0.15, -0.1) is 0 Å². The average molecular weight is 315 g/mol. The van der Waals surface area contributed by atoms with Crippen molar-refractivity contribution in [3.05, 3.63) is 23.8 Å². The maximum atomic E-state index is 12.3. The Morgan fingerprint density at radius 2 is 2.04 bits per heavy atom. The maximum Gasteiger partial charge on any atom is 0.230 e. The van der Waals surface area contributed by atoms with Crippen LogP contribution in [-0.2, 0) is 20.8 Å². The molecule has 0 saturated heterocycles. The van der Waals surface area contributed by atoms with Gasteiger partial charge in [-0.25, -0.2) is 0 Å².